The van der Waals surface area contributed by atoms with Crippen molar-refractivity contribution < 1.29 is 44.3 Å². The molecule has 44 heavy (non-hydrogen) atoms. The monoisotopic (exact) mass is 630 g/mol. The summed E-state index contributed by atoms with van der Waals surface area (Å²) in [6, 6.07) is 0. The number of hydrogen-bond donors (Lipinski definition) is 6. The van der Waals surface area contributed by atoms with Crippen molar-refractivity contribution in [3.63, 3.8) is 0 Å². The maximum Gasteiger partial charge on any atom is 0.246 e. The highest BCUT2D eigenvalue weighted by atomic mass is 16.6. The molecule has 0 bridgehead atoms. The molecule has 1 rings (SSSR count). The number of rotatable bonds is 26. The largest absolute Gasteiger partial charge is 0.356 e. The van der Waals surface area contributed by atoms with Crippen LogP contribution in [-0.2, 0) is 28.7 Å². The molecule has 2 unspecified atom stereocenters. The van der Waals surface area contributed by atoms with E-state index in [9.17, 15) is 39.6 Å². The fourth-order valence-electron chi connectivity index (χ4n) is 4.30. The van der Waals surface area contributed by atoms with Gasteiger partial charge in [0.05, 0.1) is 6.10 Å². The van der Waals surface area contributed by atoms with Crippen LogP contribution in [0.2, 0.25) is 0 Å². The molecule has 0 aromatic carbocycles. The van der Waals surface area contributed by atoms with Crippen molar-refractivity contribution in [3.8, 4) is 0 Å². The Morgan fingerprint density at radius 2 is 1.14 bits per heavy atom. The zero-order chi connectivity index (χ0) is 32.7. The molecule has 0 aromatic heterocycles. The molecule has 1 aliphatic heterocycles. The molecular formula is C29H54N6O9. The van der Waals surface area contributed by atoms with Gasteiger partial charge in [-0.2, -0.15) is 0 Å². The summed E-state index contributed by atoms with van der Waals surface area (Å²) in [5, 5.41) is 40.0. The minimum atomic E-state index is -0.506. The van der Waals surface area contributed by atoms with E-state index >= 15 is 0 Å². The fraction of sp³-hybridized carbons (Fsp3) is 0.828. The summed E-state index contributed by atoms with van der Waals surface area (Å²) in [5.74, 6) is -1.51. The van der Waals surface area contributed by atoms with Gasteiger partial charge in [-0.3, -0.25) is 44.9 Å². The lowest BCUT2D eigenvalue weighted by Gasteiger charge is -2.15. The number of hydrogen-bond acceptors (Lipinski definition) is 10. The zero-order valence-corrected chi connectivity index (χ0v) is 26.4. The van der Waals surface area contributed by atoms with Gasteiger partial charge in [0, 0.05) is 65.3 Å². The van der Waals surface area contributed by atoms with E-state index in [1.54, 1.807) is 6.92 Å². The first-order chi connectivity index (χ1) is 21.0. The Hall–Kier alpha value is -2.85. The van der Waals surface area contributed by atoms with Crippen molar-refractivity contribution in [3.05, 3.63) is 0 Å². The predicted molar refractivity (Wildman–Crippen MR) is 159 cm³/mol. The molecule has 1 fully saturated rings. The van der Waals surface area contributed by atoms with E-state index in [4.69, 9.17) is 4.74 Å². The molecule has 1 aliphatic rings. The highest BCUT2D eigenvalue weighted by molar-refractivity contribution is 5.83. The van der Waals surface area contributed by atoms with Gasteiger partial charge in [0.1, 0.15) is 6.23 Å². The van der Waals surface area contributed by atoms with Crippen LogP contribution >= 0.6 is 0 Å². The zero-order valence-electron chi connectivity index (χ0n) is 26.4. The molecule has 0 spiro atoms. The van der Waals surface area contributed by atoms with Crippen LogP contribution in [0, 0.1) is 0 Å². The minimum Gasteiger partial charge on any atom is -0.356 e. The number of hydroxylamine groups is 6. The molecule has 15 nitrogen and oxygen atoms in total. The summed E-state index contributed by atoms with van der Waals surface area (Å²) < 4.78 is 5.54. The molecule has 254 valence electrons. The Morgan fingerprint density at radius 3 is 1.68 bits per heavy atom. The van der Waals surface area contributed by atoms with Gasteiger partial charge < -0.3 is 15.4 Å². The Bertz CT molecular complexity index is 878. The van der Waals surface area contributed by atoms with Gasteiger partial charge in [0.25, 0.3) is 0 Å². The molecule has 15 heteroatoms. The molecular weight excluding hydrogens is 576 g/mol. The van der Waals surface area contributed by atoms with Crippen molar-refractivity contribution in [2.75, 3.05) is 39.3 Å². The molecule has 1 saturated heterocycles. The van der Waals surface area contributed by atoms with E-state index < -0.39 is 11.8 Å². The second-order valence-electron chi connectivity index (χ2n) is 11.0. The van der Waals surface area contributed by atoms with Gasteiger partial charge in [-0.15, -0.1) is 0 Å². The van der Waals surface area contributed by atoms with Gasteiger partial charge in [-0.1, -0.05) is 13.3 Å². The fourth-order valence-corrected chi connectivity index (χ4v) is 4.30. The van der Waals surface area contributed by atoms with Crippen LogP contribution in [0.1, 0.15) is 104 Å². The number of nitrogens with one attached hydrogen (secondary N) is 3. The van der Waals surface area contributed by atoms with Crippen molar-refractivity contribution >= 4 is 29.5 Å². The van der Waals surface area contributed by atoms with Crippen LogP contribution in [0.3, 0.4) is 0 Å². The number of ether oxygens (including phenoxy) is 1. The summed E-state index contributed by atoms with van der Waals surface area (Å²) in [4.78, 5) is 58.1. The summed E-state index contributed by atoms with van der Waals surface area (Å²) in [6.07, 6.45) is 7.38. The van der Waals surface area contributed by atoms with E-state index in [1.807, 2.05) is 0 Å². The lowest BCUT2D eigenvalue weighted by molar-refractivity contribution is -0.166. The van der Waals surface area contributed by atoms with Gasteiger partial charge >= 0.3 is 0 Å². The smallest absolute Gasteiger partial charge is 0.246 e. The summed E-state index contributed by atoms with van der Waals surface area (Å²) in [7, 11) is 0. The third-order valence-electron chi connectivity index (χ3n) is 7.18. The predicted octanol–water partition coefficient (Wildman–Crippen LogP) is 1.69. The van der Waals surface area contributed by atoms with Crippen LogP contribution in [0.4, 0.5) is 0 Å². The highest BCUT2D eigenvalue weighted by Gasteiger charge is 2.38. The quantitative estimate of drug-likeness (QED) is 0.0353. The van der Waals surface area contributed by atoms with E-state index in [2.05, 4.69) is 16.0 Å². The Kier molecular flexibility index (Phi) is 20.9. The number of nitrogens with zero attached hydrogens (tertiary/aromatic N) is 3. The van der Waals surface area contributed by atoms with E-state index in [0.717, 1.165) is 37.2 Å². The summed E-state index contributed by atoms with van der Waals surface area (Å²) in [6.45, 7) is 5.49. The molecule has 2 atom stereocenters. The molecule has 1 heterocycles. The average molecular weight is 631 g/mol. The summed E-state index contributed by atoms with van der Waals surface area (Å²) in [5.41, 5.74) is 0. The average Bonchev–Trinajstić information content (AvgIpc) is 3.76. The number of carbonyl (C=O) groups is 5. The maximum absolute atomic E-state index is 12.1. The molecule has 0 aliphatic carbocycles. The first-order valence-corrected chi connectivity index (χ1v) is 15.9. The number of amides is 5. The Labute approximate surface area is 260 Å². The first-order valence-electron chi connectivity index (χ1n) is 15.9. The van der Waals surface area contributed by atoms with Crippen LogP contribution in [0.15, 0.2) is 0 Å². The van der Waals surface area contributed by atoms with Crippen LogP contribution in [0.5, 0.6) is 0 Å². The van der Waals surface area contributed by atoms with Gasteiger partial charge in [-0.25, -0.2) is 15.2 Å². The van der Waals surface area contributed by atoms with Crippen LogP contribution in [-0.4, -0.2) is 112 Å². The third kappa shape index (κ3) is 19.4. The maximum atomic E-state index is 12.1. The second kappa shape index (κ2) is 23.5. The standard InChI is InChI=1S/C29H54N6O9/c1-3-25(37)30-17-7-5-11-21-34(42)27(39)15-13-24-29(44-24)32-19-9-6-12-22-35(43)28(40)16-14-26(38)31-18-8-4-10-20-33(41)23(2)36/h24,29,32,41-43H,3-22H2,1-2H3,(H,30,37)(H,31,38). The van der Waals surface area contributed by atoms with Crippen LogP contribution in [0.25, 0.3) is 0 Å². The number of unbranched alkanes of at least 4 members (excludes halogenated alkanes) is 6. The van der Waals surface area contributed by atoms with Crippen molar-refractivity contribution in [1.29, 1.82) is 0 Å². The topological polar surface area (TPSA) is 204 Å². The molecule has 6 N–H and O–H groups in total. The lowest BCUT2D eigenvalue weighted by atomic mass is 10.2. The number of carbonyl (C=O) groups excluding carboxylic acids is 5. The lowest BCUT2D eigenvalue weighted by Crippen LogP contribution is -2.31. The normalized spacial score (nSPS) is 15.4. The van der Waals surface area contributed by atoms with Gasteiger partial charge in [0.15, 0.2) is 0 Å². The minimum absolute atomic E-state index is 0.0137. The first kappa shape index (κ1) is 39.2. The molecule has 0 radical (unpaired) electrons. The van der Waals surface area contributed by atoms with Crippen molar-refractivity contribution in [1.82, 2.24) is 31.1 Å². The Morgan fingerprint density at radius 1 is 0.636 bits per heavy atom. The third-order valence-corrected chi connectivity index (χ3v) is 7.18. The Balaban J connectivity index is 1.96. The van der Waals surface area contributed by atoms with Crippen molar-refractivity contribution in [2.24, 2.45) is 0 Å². The molecule has 0 aromatic rings. The molecule has 5 amide bonds. The van der Waals surface area contributed by atoms with Gasteiger partial charge in [-0.05, 0) is 64.3 Å². The highest BCUT2D eigenvalue weighted by Crippen LogP contribution is 2.24. The molecule has 0 saturated carbocycles. The van der Waals surface area contributed by atoms with E-state index in [-0.39, 0.29) is 69.0 Å². The van der Waals surface area contributed by atoms with Gasteiger partial charge in [0.2, 0.25) is 29.5 Å². The van der Waals surface area contributed by atoms with Crippen molar-refractivity contribution in [2.45, 2.75) is 116 Å². The summed E-state index contributed by atoms with van der Waals surface area (Å²) >= 11 is 0. The SMILES string of the molecule is CCC(=O)NCCCCCN(O)C(=O)CCC1OC1NCCCCCN(O)C(=O)CCC(=O)NCCCCCN(O)C(C)=O. The van der Waals surface area contributed by atoms with E-state index in [1.165, 1.54) is 6.92 Å². The second-order valence-corrected chi connectivity index (χ2v) is 11.0. The van der Waals surface area contributed by atoms with Crippen LogP contribution < -0.4 is 16.0 Å². The number of epoxide rings is 1. The van der Waals surface area contributed by atoms with E-state index in [0.29, 0.717) is 68.3 Å².